The van der Waals surface area contributed by atoms with Gasteiger partial charge in [0.05, 0.1) is 6.10 Å². The minimum Gasteiger partial charge on any atom is -0.490 e. The molecule has 5 nitrogen and oxygen atoms in total. The molecule has 1 aliphatic carbocycles. The number of benzene rings is 1. The number of likely N-dealkylation sites (N-methyl/N-ethyl adjacent to an activating group) is 1. The predicted molar refractivity (Wildman–Crippen MR) is 87.5 cm³/mol. The first-order chi connectivity index (χ1) is 11.0. The molecule has 2 rings (SSSR count). The van der Waals surface area contributed by atoms with Gasteiger partial charge in [0.25, 0.3) is 0 Å². The van der Waals surface area contributed by atoms with Crippen molar-refractivity contribution < 1.29 is 19.4 Å². The summed E-state index contributed by atoms with van der Waals surface area (Å²) in [6.07, 6.45) is 5.87. The smallest absolute Gasteiger partial charge is 0.326 e. The second-order valence-electron chi connectivity index (χ2n) is 6.19. The zero-order chi connectivity index (χ0) is 16.8. The quantitative estimate of drug-likeness (QED) is 0.839. The van der Waals surface area contributed by atoms with Crippen molar-refractivity contribution in [1.29, 1.82) is 0 Å². The summed E-state index contributed by atoms with van der Waals surface area (Å²) < 4.78 is 5.97. The molecule has 1 aliphatic rings. The predicted octanol–water partition coefficient (Wildman–Crippen LogP) is 2.87. The van der Waals surface area contributed by atoms with Crippen molar-refractivity contribution in [2.75, 3.05) is 7.05 Å². The highest BCUT2D eigenvalue weighted by Crippen LogP contribution is 2.24. The van der Waals surface area contributed by atoms with E-state index in [-0.39, 0.29) is 5.91 Å². The van der Waals surface area contributed by atoms with Crippen LogP contribution in [0.4, 0.5) is 0 Å². The highest BCUT2D eigenvalue weighted by atomic mass is 16.5. The van der Waals surface area contributed by atoms with Gasteiger partial charge in [0, 0.05) is 13.5 Å². The van der Waals surface area contributed by atoms with E-state index in [0.717, 1.165) is 24.2 Å². The maximum Gasteiger partial charge on any atom is 0.326 e. The third-order valence-corrected chi connectivity index (χ3v) is 4.46. The molecule has 1 unspecified atom stereocenters. The van der Waals surface area contributed by atoms with Crippen LogP contribution >= 0.6 is 0 Å². The number of aryl methyl sites for hydroxylation is 1. The lowest BCUT2D eigenvalue weighted by atomic mass is 10.1. The Morgan fingerprint density at radius 1 is 1.35 bits per heavy atom. The summed E-state index contributed by atoms with van der Waals surface area (Å²) in [5.74, 6) is -0.302. The van der Waals surface area contributed by atoms with Gasteiger partial charge in [0.15, 0.2) is 0 Å². The first kappa shape index (κ1) is 17.3. The molecule has 0 heterocycles. The molecule has 0 aromatic heterocycles. The average Bonchev–Trinajstić information content (AvgIpc) is 3.04. The summed E-state index contributed by atoms with van der Waals surface area (Å²) in [7, 11) is 1.53. The molecule has 126 valence electrons. The summed E-state index contributed by atoms with van der Waals surface area (Å²) in [5.41, 5.74) is 1.03. The molecular weight excluding hydrogens is 294 g/mol. The molecule has 0 spiro atoms. The normalized spacial score (nSPS) is 16.1. The molecule has 1 aromatic rings. The van der Waals surface area contributed by atoms with Gasteiger partial charge in [-0.25, -0.2) is 4.79 Å². The van der Waals surface area contributed by atoms with E-state index in [1.165, 1.54) is 31.7 Å². The number of nitrogens with zero attached hydrogens (tertiary/aromatic N) is 1. The number of hydrogen-bond acceptors (Lipinski definition) is 3. The molecule has 1 atom stereocenters. The lowest BCUT2D eigenvalue weighted by molar-refractivity contribution is -0.148. The van der Waals surface area contributed by atoms with Crippen molar-refractivity contribution in [3.63, 3.8) is 0 Å². The number of rotatable bonds is 7. The molecule has 5 heteroatoms. The Morgan fingerprint density at radius 2 is 2.04 bits per heavy atom. The average molecular weight is 319 g/mol. The van der Waals surface area contributed by atoms with Gasteiger partial charge in [-0.2, -0.15) is 0 Å². The van der Waals surface area contributed by atoms with Gasteiger partial charge in [-0.1, -0.05) is 12.1 Å². The first-order valence-corrected chi connectivity index (χ1v) is 8.21. The summed E-state index contributed by atoms with van der Waals surface area (Å²) in [6.45, 7) is 1.51. The summed E-state index contributed by atoms with van der Waals surface area (Å²) in [4.78, 5) is 24.3. The van der Waals surface area contributed by atoms with Crippen LogP contribution in [-0.2, 0) is 16.0 Å². The van der Waals surface area contributed by atoms with Crippen LogP contribution in [0.5, 0.6) is 5.75 Å². The van der Waals surface area contributed by atoms with Crippen LogP contribution in [-0.4, -0.2) is 41.1 Å². The molecule has 0 aliphatic heterocycles. The van der Waals surface area contributed by atoms with Crippen molar-refractivity contribution in [2.45, 2.75) is 57.6 Å². The van der Waals surface area contributed by atoms with E-state index in [0.29, 0.717) is 18.9 Å². The second kappa shape index (κ2) is 7.99. The molecule has 1 fully saturated rings. The van der Waals surface area contributed by atoms with Crippen LogP contribution < -0.4 is 4.74 Å². The number of amides is 1. The zero-order valence-corrected chi connectivity index (χ0v) is 13.8. The minimum absolute atomic E-state index is 0.165. The molecule has 1 N–H and O–H groups in total. The van der Waals surface area contributed by atoms with Gasteiger partial charge in [0.2, 0.25) is 5.91 Å². The third kappa shape index (κ3) is 4.98. The maximum atomic E-state index is 12.1. The summed E-state index contributed by atoms with van der Waals surface area (Å²) in [6, 6.07) is 7.02. The van der Waals surface area contributed by atoms with E-state index < -0.39 is 12.0 Å². The fraction of sp³-hybridized carbons (Fsp3) is 0.556. The number of carboxylic acids is 1. The van der Waals surface area contributed by atoms with Crippen LogP contribution in [0, 0.1) is 0 Å². The van der Waals surface area contributed by atoms with Crippen molar-refractivity contribution in [3.8, 4) is 5.75 Å². The van der Waals surface area contributed by atoms with Crippen molar-refractivity contribution >= 4 is 11.9 Å². The molecule has 23 heavy (non-hydrogen) atoms. The van der Waals surface area contributed by atoms with Gasteiger partial charge in [-0.3, -0.25) is 4.79 Å². The summed E-state index contributed by atoms with van der Waals surface area (Å²) in [5, 5.41) is 8.95. The van der Waals surface area contributed by atoms with Crippen LogP contribution in [0.3, 0.4) is 0 Å². The summed E-state index contributed by atoms with van der Waals surface area (Å²) >= 11 is 0. The van der Waals surface area contributed by atoms with Crippen molar-refractivity contribution in [2.24, 2.45) is 0 Å². The number of carboxylic acid groups (broad SMARTS) is 1. The molecule has 0 saturated heterocycles. The Morgan fingerprint density at radius 3 is 2.70 bits per heavy atom. The van der Waals surface area contributed by atoms with Crippen LogP contribution in [0.1, 0.15) is 44.6 Å². The van der Waals surface area contributed by atoms with Crippen LogP contribution in [0.15, 0.2) is 24.3 Å². The number of carbonyl (C=O) groups excluding carboxylic acids is 1. The lowest BCUT2D eigenvalue weighted by Crippen LogP contribution is -2.40. The highest BCUT2D eigenvalue weighted by Gasteiger charge is 2.21. The maximum absolute atomic E-state index is 12.1. The second-order valence-corrected chi connectivity index (χ2v) is 6.19. The molecule has 0 bridgehead atoms. The number of aliphatic carboxylic acids is 1. The van der Waals surface area contributed by atoms with E-state index in [1.807, 2.05) is 24.3 Å². The van der Waals surface area contributed by atoms with Crippen molar-refractivity contribution in [1.82, 2.24) is 4.90 Å². The monoisotopic (exact) mass is 319 g/mol. The van der Waals surface area contributed by atoms with E-state index >= 15 is 0 Å². The number of carbonyl (C=O) groups is 2. The van der Waals surface area contributed by atoms with Gasteiger partial charge < -0.3 is 14.7 Å². The van der Waals surface area contributed by atoms with Crippen LogP contribution in [0.25, 0.3) is 0 Å². The van der Waals surface area contributed by atoms with Gasteiger partial charge in [-0.15, -0.1) is 0 Å². The van der Waals surface area contributed by atoms with E-state index in [4.69, 9.17) is 9.84 Å². The van der Waals surface area contributed by atoms with E-state index in [1.54, 1.807) is 0 Å². The Kier molecular flexibility index (Phi) is 6.02. The highest BCUT2D eigenvalue weighted by molar-refractivity contribution is 5.83. The lowest BCUT2D eigenvalue weighted by Gasteiger charge is -2.21. The molecule has 1 amide bonds. The molecule has 1 saturated carbocycles. The Labute approximate surface area is 137 Å². The first-order valence-electron chi connectivity index (χ1n) is 8.21. The Balaban J connectivity index is 1.87. The molecular formula is C18H25NO4. The largest absolute Gasteiger partial charge is 0.490 e. The third-order valence-electron chi connectivity index (χ3n) is 4.46. The van der Waals surface area contributed by atoms with E-state index in [9.17, 15) is 9.59 Å². The van der Waals surface area contributed by atoms with Gasteiger partial charge in [-0.05, 0) is 56.7 Å². The SMILES string of the molecule is CC(C(=O)O)N(C)C(=O)CCc1cccc(OC2CCCC2)c1. The molecule has 0 radical (unpaired) electrons. The van der Waals surface area contributed by atoms with Gasteiger partial charge in [0.1, 0.15) is 11.8 Å². The van der Waals surface area contributed by atoms with Gasteiger partial charge >= 0.3 is 5.97 Å². The zero-order valence-electron chi connectivity index (χ0n) is 13.8. The fourth-order valence-electron chi connectivity index (χ4n) is 2.78. The fourth-order valence-corrected chi connectivity index (χ4v) is 2.78. The number of ether oxygens (including phenoxy) is 1. The molecule has 1 aromatic carbocycles. The minimum atomic E-state index is -0.993. The number of hydrogen-bond donors (Lipinski definition) is 1. The van der Waals surface area contributed by atoms with Crippen molar-refractivity contribution in [3.05, 3.63) is 29.8 Å². The van der Waals surface area contributed by atoms with E-state index in [2.05, 4.69) is 0 Å². The van der Waals surface area contributed by atoms with Crippen LogP contribution in [0.2, 0.25) is 0 Å². The topological polar surface area (TPSA) is 66.8 Å². The Hall–Kier alpha value is -2.04. The standard InChI is InChI=1S/C18H25NO4/c1-13(18(21)22)19(2)17(20)11-10-14-6-5-9-16(12-14)23-15-7-3-4-8-15/h5-6,9,12-13,15H,3-4,7-8,10-11H2,1-2H3,(H,21,22). The Bertz CT molecular complexity index is 552.